The number of aliphatic hydroxyl groups is 2. The Morgan fingerprint density at radius 3 is 1.31 bits per heavy atom. The van der Waals surface area contributed by atoms with Crippen LogP contribution in [0.1, 0.15) is 38.8 Å². The first-order valence-corrected chi connectivity index (χ1v) is 12.1. The topological polar surface area (TPSA) is 58.9 Å². The average Bonchev–Trinajstić information content (AvgIpc) is 2.77. The number of hydrogen-bond acceptors (Lipinski definition) is 4. The van der Waals surface area contributed by atoms with Crippen LogP contribution in [0.4, 0.5) is 0 Å². The maximum absolute atomic E-state index is 9.56. The molecule has 2 aromatic rings. The number of alkyl halides is 2. The van der Waals surface area contributed by atoms with Gasteiger partial charge in [-0.15, -0.1) is 0 Å². The fraction of sp³-hybridized carbons (Fsp3) is 0.478. The van der Waals surface area contributed by atoms with Crippen molar-refractivity contribution < 1.29 is 19.7 Å². The van der Waals surface area contributed by atoms with Gasteiger partial charge < -0.3 is 19.7 Å². The van der Waals surface area contributed by atoms with Gasteiger partial charge in [-0.25, -0.2) is 0 Å². The summed E-state index contributed by atoms with van der Waals surface area (Å²) in [5.41, 5.74) is 2.15. The third-order valence-corrected chi connectivity index (χ3v) is 5.89. The molecule has 2 rings (SSSR count). The Morgan fingerprint density at radius 1 is 0.724 bits per heavy atom. The summed E-state index contributed by atoms with van der Waals surface area (Å²) in [5, 5.41) is 20.1. The fourth-order valence-corrected chi connectivity index (χ4v) is 2.95. The third kappa shape index (κ3) is 8.28. The predicted octanol–water partition coefficient (Wildman–Crippen LogP) is 5.31. The van der Waals surface area contributed by atoms with Crippen molar-refractivity contribution in [2.24, 2.45) is 0 Å². The van der Waals surface area contributed by atoms with Gasteiger partial charge in [0.05, 0.1) is 12.2 Å². The largest absolute Gasteiger partial charge is 0.491 e. The zero-order valence-electron chi connectivity index (χ0n) is 17.6. The van der Waals surface area contributed by atoms with Crippen LogP contribution in [-0.2, 0) is 5.41 Å². The fourth-order valence-electron chi connectivity index (χ4n) is 2.58. The second-order valence-corrected chi connectivity index (χ2v) is 8.21. The second-order valence-electron chi connectivity index (χ2n) is 6.91. The van der Waals surface area contributed by atoms with Crippen LogP contribution in [0, 0.1) is 0 Å². The van der Waals surface area contributed by atoms with Gasteiger partial charge in [0, 0.05) is 16.1 Å². The molecule has 0 fully saturated rings. The molecule has 29 heavy (non-hydrogen) atoms. The Labute approximate surface area is 191 Å². The molecule has 0 radical (unpaired) electrons. The highest BCUT2D eigenvalue weighted by Crippen LogP contribution is 2.33. The van der Waals surface area contributed by atoms with E-state index in [1.807, 2.05) is 62.4 Å². The smallest absolute Gasteiger partial charge is 0.119 e. The number of hydrogen-bond donors (Lipinski definition) is 2. The van der Waals surface area contributed by atoms with Gasteiger partial charge in [-0.1, -0.05) is 83.8 Å². The van der Waals surface area contributed by atoms with Crippen LogP contribution in [0.15, 0.2) is 48.5 Å². The standard InChI is InChI=1S/C21H26Br2O4.C2H6/c1-21(2,15-3-7-19(8-4-15)26-13-17(24)11-22)16-5-9-20(10-6-16)27-14-18(25)12-23;1-2/h3-10,17-18,24-25H,11-14H2,1-2H3;1-2H3. The van der Waals surface area contributed by atoms with Crippen molar-refractivity contribution >= 4 is 31.9 Å². The van der Waals surface area contributed by atoms with Crippen LogP contribution >= 0.6 is 31.9 Å². The van der Waals surface area contributed by atoms with Crippen LogP contribution < -0.4 is 9.47 Å². The molecule has 0 aromatic heterocycles. The first-order valence-electron chi connectivity index (χ1n) is 9.81. The van der Waals surface area contributed by atoms with Gasteiger partial charge in [-0.3, -0.25) is 0 Å². The zero-order valence-corrected chi connectivity index (χ0v) is 20.7. The van der Waals surface area contributed by atoms with Crippen molar-refractivity contribution in [2.45, 2.75) is 45.3 Å². The summed E-state index contributed by atoms with van der Waals surface area (Å²) in [6.07, 6.45) is -1.03. The Balaban J connectivity index is 0.00000204. The Bertz CT molecular complexity index is 628. The van der Waals surface area contributed by atoms with E-state index in [0.29, 0.717) is 10.7 Å². The number of halogens is 2. The minimum Gasteiger partial charge on any atom is -0.491 e. The summed E-state index contributed by atoms with van der Waals surface area (Å²) < 4.78 is 11.2. The summed E-state index contributed by atoms with van der Waals surface area (Å²) >= 11 is 6.45. The molecule has 2 atom stereocenters. The summed E-state index contributed by atoms with van der Waals surface area (Å²) in [6, 6.07) is 15.9. The molecular weight excluding hydrogens is 500 g/mol. The summed E-state index contributed by atoms with van der Waals surface area (Å²) in [4.78, 5) is 0. The van der Waals surface area contributed by atoms with Crippen molar-refractivity contribution in [2.75, 3.05) is 23.9 Å². The van der Waals surface area contributed by atoms with Crippen LogP contribution in [0.3, 0.4) is 0 Å². The van der Waals surface area contributed by atoms with Gasteiger partial charge >= 0.3 is 0 Å². The first-order chi connectivity index (χ1) is 13.9. The minimum atomic E-state index is -0.516. The SMILES string of the molecule is CC.CC(C)(c1ccc(OCC(O)CBr)cc1)c1ccc(OCC(O)CBr)cc1. The van der Waals surface area contributed by atoms with E-state index in [9.17, 15) is 10.2 Å². The van der Waals surface area contributed by atoms with E-state index >= 15 is 0 Å². The predicted molar refractivity (Wildman–Crippen MR) is 127 cm³/mol. The van der Waals surface area contributed by atoms with E-state index in [-0.39, 0.29) is 18.6 Å². The van der Waals surface area contributed by atoms with Gasteiger partial charge in [0.2, 0.25) is 0 Å². The van der Waals surface area contributed by atoms with E-state index in [0.717, 1.165) is 11.5 Å². The quantitative estimate of drug-likeness (QED) is 0.408. The average molecular weight is 532 g/mol. The van der Waals surface area contributed by atoms with E-state index in [1.165, 1.54) is 11.1 Å². The third-order valence-electron chi connectivity index (χ3n) is 4.39. The molecule has 6 heteroatoms. The van der Waals surface area contributed by atoms with Crippen LogP contribution in [0.5, 0.6) is 11.5 Å². The molecule has 0 aliphatic rings. The van der Waals surface area contributed by atoms with Gasteiger partial charge in [-0.05, 0) is 35.4 Å². The lowest BCUT2D eigenvalue weighted by Crippen LogP contribution is -2.20. The van der Waals surface area contributed by atoms with Gasteiger partial charge in [0.15, 0.2) is 0 Å². The number of aliphatic hydroxyl groups excluding tert-OH is 2. The molecule has 2 aromatic carbocycles. The maximum atomic E-state index is 9.56. The number of rotatable bonds is 10. The highest BCUT2D eigenvalue weighted by molar-refractivity contribution is 9.09. The zero-order chi connectivity index (χ0) is 21.9. The molecule has 4 nitrogen and oxygen atoms in total. The first kappa shape index (κ1) is 26.0. The van der Waals surface area contributed by atoms with Crippen molar-refractivity contribution in [1.82, 2.24) is 0 Å². The molecular formula is C23H32Br2O4. The summed E-state index contributed by atoms with van der Waals surface area (Å²) in [6.45, 7) is 8.86. The molecule has 162 valence electrons. The second kappa shape index (κ2) is 13.3. The molecule has 0 amide bonds. The Morgan fingerprint density at radius 2 is 1.03 bits per heavy atom. The van der Waals surface area contributed by atoms with E-state index < -0.39 is 12.2 Å². The number of ether oxygens (including phenoxy) is 2. The molecule has 0 aliphatic carbocycles. The Hall–Kier alpha value is -1.08. The molecule has 0 aliphatic heterocycles. The van der Waals surface area contributed by atoms with Crippen molar-refractivity contribution in [1.29, 1.82) is 0 Å². The lowest BCUT2D eigenvalue weighted by atomic mass is 9.78. The van der Waals surface area contributed by atoms with E-state index in [4.69, 9.17) is 9.47 Å². The molecule has 0 saturated heterocycles. The molecule has 0 spiro atoms. The monoisotopic (exact) mass is 530 g/mol. The van der Waals surface area contributed by atoms with Gasteiger partial charge in [-0.2, -0.15) is 0 Å². The van der Waals surface area contributed by atoms with Gasteiger partial charge in [0.1, 0.15) is 24.7 Å². The van der Waals surface area contributed by atoms with Gasteiger partial charge in [0.25, 0.3) is 0 Å². The molecule has 0 heterocycles. The molecule has 2 unspecified atom stereocenters. The molecule has 0 bridgehead atoms. The summed E-state index contributed by atoms with van der Waals surface area (Å²) in [7, 11) is 0. The lowest BCUT2D eigenvalue weighted by molar-refractivity contribution is 0.127. The maximum Gasteiger partial charge on any atom is 0.119 e. The van der Waals surface area contributed by atoms with Crippen molar-refractivity contribution in [3.8, 4) is 11.5 Å². The Kier molecular flexibility index (Phi) is 11.9. The van der Waals surface area contributed by atoms with Crippen molar-refractivity contribution in [3.05, 3.63) is 59.7 Å². The van der Waals surface area contributed by atoms with E-state index in [2.05, 4.69) is 45.7 Å². The molecule has 0 saturated carbocycles. The van der Waals surface area contributed by atoms with Crippen LogP contribution in [0.2, 0.25) is 0 Å². The van der Waals surface area contributed by atoms with E-state index in [1.54, 1.807) is 0 Å². The highest BCUT2D eigenvalue weighted by Gasteiger charge is 2.23. The minimum absolute atomic E-state index is 0.179. The van der Waals surface area contributed by atoms with Crippen molar-refractivity contribution in [3.63, 3.8) is 0 Å². The normalized spacial score (nSPS) is 13.1. The van der Waals surface area contributed by atoms with Crippen LogP contribution in [-0.4, -0.2) is 46.3 Å². The number of benzene rings is 2. The highest BCUT2D eigenvalue weighted by atomic mass is 79.9. The summed E-state index contributed by atoms with van der Waals surface area (Å²) in [5.74, 6) is 1.48. The van der Waals surface area contributed by atoms with Crippen LogP contribution in [0.25, 0.3) is 0 Å². The molecule has 2 N–H and O–H groups in total. The lowest BCUT2D eigenvalue weighted by Gasteiger charge is -2.26.